The number of aromatic nitrogens is 2. The van der Waals surface area contributed by atoms with Crippen LogP contribution in [0.3, 0.4) is 0 Å². The molecular formula is C19H23N3O2. The third kappa shape index (κ3) is 4.86. The molecule has 0 radical (unpaired) electrons. The van der Waals surface area contributed by atoms with Crippen LogP contribution in [0.4, 0.5) is 0 Å². The van der Waals surface area contributed by atoms with E-state index in [9.17, 15) is 4.79 Å². The van der Waals surface area contributed by atoms with E-state index in [0.29, 0.717) is 13.0 Å². The van der Waals surface area contributed by atoms with Gasteiger partial charge in [-0.05, 0) is 31.2 Å². The largest absolute Gasteiger partial charge is 0.370 e. The maximum absolute atomic E-state index is 11.9. The van der Waals surface area contributed by atoms with Crippen LogP contribution in [0.2, 0.25) is 0 Å². The van der Waals surface area contributed by atoms with Crippen LogP contribution in [0.25, 0.3) is 0 Å². The van der Waals surface area contributed by atoms with Crippen molar-refractivity contribution in [3.05, 3.63) is 59.7 Å². The lowest BCUT2D eigenvalue weighted by molar-refractivity contribution is -0.121. The molecule has 0 bridgehead atoms. The number of carbonyl (C=O) groups excluding carboxylic acids is 1. The Kier molecular flexibility index (Phi) is 5.90. The first kappa shape index (κ1) is 16.6. The summed E-state index contributed by atoms with van der Waals surface area (Å²) in [6.07, 6.45) is 8.07. The Morgan fingerprint density at radius 2 is 1.92 bits per heavy atom. The second-order valence-corrected chi connectivity index (χ2v) is 6.07. The van der Waals surface area contributed by atoms with Crippen molar-refractivity contribution in [3.8, 4) is 0 Å². The van der Waals surface area contributed by atoms with Gasteiger partial charge in [0, 0.05) is 37.5 Å². The van der Waals surface area contributed by atoms with E-state index in [1.54, 1.807) is 12.4 Å². The second-order valence-electron chi connectivity index (χ2n) is 6.07. The van der Waals surface area contributed by atoms with Gasteiger partial charge >= 0.3 is 0 Å². The zero-order valence-electron chi connectivity index (χ0n) is 13.8. The van der Waals surface area contributed by atoms with Crippen molar-refractivity contribution < 1.29 is 9.53 Å². The maximum atomic E-state index is 11.9. The van der Waals surface area contributed by atoms with Gasteiger partial charge in [0.25, 0.3) is 0 Å². The Labute approximate surface area is 142 Å². The van der Waals surface area contributed by atoms with E-state index in [4.69, 9.17) is 4.74 Å². The van der Waals surface area contributed by atoms with E-state index < -0.39 is 0 Å². The molecule has 1 atom stereocenters. The molecule has 2 heterocycles. The summed E-state index contributed by atoms with van der Waals surface area (Å²) < 4.78 is 5.68. The van der Waals surface area contributed by atoms with Gasteiger partial charge < -0.3 is 10.1 Å². The molecule has 1 fully saturated rings. The second kappa shape index (κ2) is 8.55. The summed E-state index contributed by atoms with van der Waals surface area (Å²) in [6.45, 7) is 1.24. The third-order valence-corrected chi connectivity index (χ3v) is 4.17. The number of ether oxygens (including phenoxy) is 1. The SMILES string of the molecule is O=C(CCc1ccccc1)NCc1cnc([C@@H]2CCCCO2)nc1. The standard InChI is InChI=1S/C19H23N3O2/c23-18(10-9-15-6-2-1-3-7-15)20-12-16-13-21-19(22-14-16)17-8-4-5-11-24-17/h1-3,6-7,13-14,17H,4-5,8-12H2,(H,20,23)/t17-/m0/s1. The Morgan fingerprint density at radius 3 is 2.62 bits per heavy atom. The fourth-order valence-corrected chi connectivity index (χ4v) is 2.76. The Hall–Kier alpha value is -2.27. The summed E-state index contributed by atoms with van der Waals surface area (Å²) in [6, 6.07) is 10.0. The van der Waals surface area contributed by atoms with Gasteiger partial charge in [-0.3, -0.25) is 4.79 Å². The van der Waals surface area contributed by atoms with E-state index in [-0.39, 0.29) is 12.0 Å². The number of amides is 1. The molecule has 5 nitrogen and oxygen atoms in total. The number of hydrogen-bond acceptors (Lipinski definition) is 4. The third-order valence-electron chi connectivity index (χ3n) is 4.17. The molecule has 0 saturated carbocycles. The van der Waals surface area contributed by atoms with E-state index in [0.717, 1.165) is 43.7 Å². The number of nitrogens with zero attached hydrogens (tertiary/aromatic N) is 2. The Bertz CT molecular complexity index is 637. The number of aryl methyl sites for hydroxylation is 1. The van der Waals surface area contributed by atoms with Gasteiger partial charge in [0.1, 0.15) is 6.10 Å². The zero-order valence-corrected chi connectivity index (χ0v) is 13.8. The first-order valence-electron chi connectivity index (χ1n) is 8.54. The average Bonchev–Trinajstić information content (AvgIpc) is 2.67. The molecule has 24 heavy (non-hydrogen) atoms. The van der Waals surface area contributed by atoms with Crippen molar-refractivity contribution in [2.75, 3.05) is 6.61 Å². The number of carbonyl (C=O) groups is 1. The predicted molar refractivity (Wildman–Crippen MR) is 91.2 cm³/mol. The topological polar surface area (TPSA) is 64.1 Å². The molecule has 5 heteroatoms. The lowest BCUT2D eigenvalue weighted by atomic mass is 10.1. The highest BCUT2D eigenvalue weighted by Crippen LogP contribution is 2.24. The van der Waals surface area contributed by atoms with Crippen molar-refractivity contribution in [1.82, 2.24) is 15.3 Å². The normalized spacial score (nSPS) is 17.4. The Morgan fingerprint density at radius 1 is 1.12 bits per heavy atom. The number of benzene rings is 1. The molecule has 0 aliphatic carbocycles. The molecule has 0 spiro atoms. The minimum atomic E-state index is 0.0215. The van der Waals surface area contributed by atoms with Crippen LogP contribution in [0.5, 0.6) is 0 Å². The minimum Gasteiger partial charge on any atom is -0.370 e. The summed E-state index contributed by atoms with van der Waals surface area (Å²) in [5.74, 6) is 0.785. The highest BCUT2D eigenvalue weighted by atomic mass is 16.5. The minimum absolute atomic E-state index is 0.0215. The van der Waals surface area contributed by atoms with Crippen LogP contribution >= 0.6 is 0 Å². The predicted octanol–water partition coefficient (Wildman–Crippen LogP) is 2.97. The molecule has 126 valence electrons. The highest BCUT2D eigenvalue weighted by molar-refractivity contribution is 5.76. The van der Waals surface area contributed by atoms with Crippen LogP contribution in [0, 0.1) is 0 Å². The summed E-state index contributed by atoms with van der Waals surface area (Å²) in [5.41, 5.74) is 2.08. The van der Waals surface area contributed by atoms with Gasteiger partial charge in [0.15, 0.2) is 5.82 Å². The van der Waals surface area contributed by atoms with Gasteiger partial charge in [0.05, 0.1) is 0 Å². The molecular weight excluding hydrogens is 302 g/mol. The smallest absolute Gasteiger partial charge is 0.220 e. The van der Waals surface area contributed by atoms with Crippen LogP contribution in [-0.4, -0.2) is 22.5 Å². The average molecular weight is 325 g/mol. The van der Waals surface area contributed by atoms with E-state index in [1.165, 1.54) is 5.56 Å². The molecule has 1 N–H and O–H groups in total. The van der Waals surface area contributed by atoms with Crippen LogP contribution in [-0.2, 0) is 22.5 Å². The summed E-state index contributed by atoms with van der Waals surface area (Å²) in [5, 5.41) is 2.92. The lowest BCUT2D eigenvalue weighted by Crippen LogP contribution is -2.23. The quantitative estimate of drug-likeness (QED) is 0.887. The first-order valence-corrected chi connectivity index (χ1v) is 8.54. The molecule has 1 aromatic carbocycles. The van der Waals surface area contributed by atoms with Crippen LogP contribution < -0.4 is 5.32 Å². The number of hydrogen-bond donors (Lipinski definition) is 1. The highest BCUT2D eigenvalue weighted by Gasteiger charge is 2.18. The van der Waals surface area contributed by atoms with Gasteiger partial charge in [-0.1, -0.05) is 30.3 Å². The Balaban J connectivity index is 1.43. The molecule has 3 rings (SSSR count). The van der Waals surface area contributed by atoms with Crippen LogP contribution in [0.1, 0.15) is 48.7 Å². The number of rotatable bonds is 6. The summed E-state index contributed by atoms with van der Waals surface area (Å²) in [4.78, 5) is 20.7. The van der Waals surface area contributed by atoms with Crippen molar-refractivity contribution in [2.45, 2.75) is 44.8 Å². The first-order chi connectivity index (χ1) is 11.8. The van der Waals surface area contributed by atoms with Crippen molar-refractivity contribution in [2.24, 2.45) is 0 Å². The van der Waals surface area contributed by atoms with Crippen LogP contribution in [0.15, 0.2) is 42.7 Å². The monoisotopic (exact) mass is 325 g/mol. The molecule has 1 saturated heterocycles. The van der Waals surface area contributed by atoms with Gasteiger partial charge in [-0.15, -0.1) is 0 Å². The lowest BCUT2D eigenvalue weighted by Gasteiger charge is -2.21. The van der Waals surface area contributed by atoms with E-state index in [1.807, 2.05) is 30.3 Å². The van der Waals surface area contributed by atoms with Gasteiger partial charge in [-0.25, -0.2) is 9.97 Å². The summed E-state index contributed by atoms with van der Waals surface area (Å²) >= 11 is 0. The van der Waals surface area contributed by atoms with E-state index in [2.05, 4.69) is 15.3 Å². The molecule has 2 aromatic rings. The van der Waals surface area contributed by atoms with Crippen molar-refractivity contribution in [3.63, 3.8) is 0 Å². The number of nitrogens with one attached hydrogen (secondary N) is 1. The molecule has 1 aromatic heterocycles. The van der Waals surface area contributed by atoms with E-state index >= 15 is 0 Å². The van der Waals surface area contributed by atoms with Crippen molar-refractivity contribution >= 4 is 5.91 Å². The van der Waals surface area contributed by atoms with Gasteiger partial charge in [0.2, 0.25) is 5.91 Å². The van der Waals surface area contributed by atoms with Crippen molar-refractivity contribution in [1.29, 1.82) is 0 Å². The molecule has 1 amide bonds. The molecule has 0 unspecified atom stereocenters. The zero-order chi connectivity index (χ0) is 16.6. The molecule has 1 aliphatic rings. The molecule has 1 aliphatic heterocycles. The fraction of sp³-hybridized carbons (Fsp3) is 0.421. The van der Waals surface area contributed by atoms with Gasteiger partial charge in [-0.2, -0.15) is 0 Å². The fourth-order valence-electron chi connectivity index (χ4n) is 2.76. The maximum Gasteiger partial charge on any atom is 0.220 e. The summed E-state index contributed by atoms with van der Waals surface area (Å²) in [7, 11) is 0.